The van der Waals surface area contributed by atoms with E-state index in [1.54, 1.807) is 30.1 Å². The summed E-state index contributed by atoms with van der Waals surface area (Å²) in [7, 11) is 1.68. The second-order valence-electron chi connectivity index (χ2n) is 5.50. The van der Waals surface area contributed by atoms with Crippen molar-refractivity contribution < 1.29 is 4.79 Å². The number of hydrogen-bond acceptors (Lipinski definition) is 2. The highest BCUT2D eigenvalue weighted by molar-refractivity contribution is 6.42. The van der Waals surface area contributed by atoms with E-state index in [0.29, 0.717) is 33.1 Å². The van der Waals surface area contributed by atoms with E-state index in [1.807, 2.05) is 24.3 Å². The van der Waals surface area contributed by atoms with Gasteiger partial charge in [0.25, 0.3) is 5.91 Å². The van der Waals surface area contributed by atoms with Crippen LogP contribution in [0.25, 0.3) is 10.9 Å². The van der Waals surface area contributed by atoms with Crippen molar-refractivity contribution >= 4 is 40.0 Å². The van der Waals surface area contributed by atoms with Crippen LogP contribution in [0.15, 0.2) is 53.3 Å². The number of pyridine rings is 1. The van der Waals surface area contributed by atoms with Crippen molar-refractivity contribution in [1.82, 2.24) is 9.88 Å². The van der Waals surface area contributed by atoms with Gasteiger partial charge in [0.05, 0.1) is 15.6 Å². The Morgan fingerprint density at radius 2 is 1.83 bits per heavy atom. The number of para-hydroxylation sites is 1. The summed E-state index contributed by atoms with van der Waals surface area (Å²) in [6.07, 6.45) is 0. The summed E-state index contributed by atoms with van der Waals surface area (Å²) in [5.41, 5.74) is 1.56. The first-order valence-electron chi connectivity index (χ1n) is 7.27. The number of amides is 1. The van der Waals surface area contributed by atoms with E-state index in [4.69, 9.17) is 23.2 Å². The largest absolute Gasteiger partial charge is 0.337 e. The van der Waals surface area contributed by atoms with Gasteiger partial charge in [-0.3, -0.25) is 9.59 Å². The number of rotatable bonds is 3. The number of fused-ring (bicyclic) bond motifs is 1. The fourth-order valence-corrected chi connectivity index (χ4v) is 2.89. The van der Waals surface area contributed by atoms with Crippen LogP contribution in [0.5, 0.6) is 0 Å². The number of carbonyl (C=O) groups excluding carboxylic acids is 1. The van der Waals surface area contributed by atoms with Crippen LogP contribution in [-0.2, 0) is 6.54 Å². The smallest absolute Gasteiger partial charge is 0.254 e. The molecule has 3 rings (SSSR count). The molecule has 1 heterocycles. The Labute approximate surface area is 148 Å². The van der Waals surface area contributed by atoms with E-state index >= 15 is 0 Å². The monoisotopic (exact) mass is 360 g/mol. The van der Waals surface area contributed by atoms with Crippen molar-refractivity contribution in [3.8, 4) is 0 Å². The van der Waals surface area contributed by atoms with Gasteiger partial charge in [0.15, 0.2) is 0 Å². The molecule has 6 heteroatoms. The Morgan fingerprint density at radius 1 is 1.08 bits per heavy atom. The lowest BCUT2D eigenvalue weighted by molar-refractivity contribution is 0.0787. The third kappa shape index (κ3) is 3.30. The standard InChI is InChI=1S/C18H14Cl2N2O2/c1-22(10-11-6-7-14(19)15(20)8-11)18(24)13-9-17(23)21-16-5-3-2-4-12(13)16/h2-9H,10H2,1H3,(H,21,23). The maximum absolute atomic E-state index is 12.8. The summed E-state index contributed by atoms with van der Waals surface area (Å²) in [5.74, 6) is -0.233. The lowest BCUT2D eigenvalue weighted by atomic mass is 10.1. The van der Waals surface area contributed by atoms with Gasteiger partial charge in [0, 0.05) is 30.6 Å². The van der Waals surface area contributed by atoms with Crippen LogP contribution < -0.4 is 5.56 Å². The fraction of sp³-hybridized carbons (Fsp3) is 0.111. The lowest BCUT2D eigenvalue weighted by Gasteiger charge is -2.18. The van der Waals surface area contributed by atoms with Gasteiger partial charge in [-0.2, -0.15) is 0 Å². The zero-order chi connectivity index (χ0) is 17.3. The average molecular weight is 361 g/mol. The molecule has 0 bridgehead atoms. The highest BCUT2D eigenvalue weighted by atomic mass is 35.5. The molecule has 0 fully saturated rings. The maximum Gasteiger partial charge on any atom is 0.254 e. The molecular formula is C18H14Cl2N2O2. The van der Waals surface area contributed by atoms with Crippen molar-refractivity contribution in [2.45, 2.75) is 6.54 Å². The summed E-state index contributed by atoms with van der Waals surface area (Å²) < 4.78 is 0. The van der Waals surface area contributed by atoms with Gasteiger partial charge in [-0.1, -0.05) is 47.5 Å². The average Bonchev–Trinajstić information content (AvgIpc) is 2.56. The molecular weight excluding hydrogens is 347 g/mol. The summed E-state index contributed by atoms with van der Waals surface area (Å²) in [6, 6.07) is 13.8. The van der Waals surface area contributed by atoms with Crippen LogP contribution in [-0.4, -0.2) is 22.8 Å². The SMILES string of the molecule is CN(Cc1ccc(Cl)c(Cl)c1)C(=O)c1cc(=O)[nH]c2ccccc12. The van der Waals surface area contributed by atoms with Crippen molar-refractivity contribution in [3.05, 3.63) is 80.1 Å². The fourth-order valence-electron chi connectivity index (χ4n) is 2.57. The molecule has 24 heavy (non-hydrogen) atoms. The maximum atomic E-state index is 12.8. The molecule has 1 N–H and O–H groups in total. The molecule has 122 valence electrons. The van der Waals surface area contributed by atoms with Gasteiger partial charge in [-0.25, -0.2) is 0 Å². The van der Waals surface area contributed by atoms with E-state index in [-0.39, 0.29) is 11.5 Å². The number of nitrogens with one attached hydrogen (secondary N) is 1. The van der Waals surface area contributed by atoms with Crippen molar-refractivity contribution in [2.24, 2.45) is 0 Å². The molecule has 0 radical (unpaired) electrons. The molecule has 1 amide bonds. The molecule has 3 aromatic rings. The highest BCUT2D eigenvalue weighted by Gasteiger charge is 2.16. The molecule has 2 aromatic carbocycles. The van der Waals surface area contributed by atoms with E-state index < -0.39 is 0 Å². The molecule has 0 aliphatic rings. The third-order valence-electron chi connectivity index (χ3n) is 3.73. The molecule has 0 unspecified atom stereocenters. The highest BCUT2D eigenvalue weighted by Crippen LogP contribution is 2.23. The van der Waals surface area contributed by atoms with Crippen LogP contribution in [0.4, 0.5) is 0 Å². The van der Waals surface area contributed by atoms with Crippen LogP contribution in [0, 0.1) is 0 Å². The number of carbonyl (C=O) groups is 1. The van der Waals surface area contributed by atoms with E-state index in [0.717, 1.165) is 5.56 Å². The summed E-state index contributed by atoms with van der Waals surface area (Å²) in [6.45, 7) is 0.358. The number of benzene rings is 2. The number of nitrogens with zero attached hydrogens (tertiary/aromatic N) is 1. The Morgan fingerprint density at radius 3 is 2.58 bits per heavy atom. The predicted molar refractivity (Wildman–Crippen MR) is 96.8 cm³/mol. The topological polar surface area (TPSA) is 53.2 Å². The Kier molecular flexibility index (Phi) is 4.60. The molecule has 0 saturated carbocycles. The van der Waals surface area contributed by atoms with Crippen LogP contribution >= 0.6 is 23.2 Å². The summed E-state index contributed by atoms with van der Waals surface area (Å²) in [4.78, 5) is 28.9. The zero-order valence-electron chi connectivity index (χ0n) is 12.8. The van der Waals surface area contributed by atoms with E-state index in [2.05, 4.69) is 4.98 Å². The van der Waals surface area contributed by atoms with Crippen LogP contribution in [0.3, 0.4) is 0 Å². The van der Waals surface area contributed by atoms with Crippen LogP contribution in [0.2, 0.25) is 10.0 Å². The minimum Gasteiger partial charge on any atom is -0.337 e. The van der Waals surface area contributed by atoms with Gasteiger partial charge < -0.3 is 9.88 Å². The Balaban J connectivity index is 1.93. The van der Waals surface area contributed by atoms with E-state index in [9.17, 15) is 9.59 Å². The molecule has 4 nitrogen and oxygen atoms in total. The predicted octanol–water partition coefficient (Wildman–Crippen LogP) is 4.11. The zero-order valence-corrected chi connectivity index (χ0v) is 14.4. The number of aromatic nitrogens is 1. The first-order chi connectivity index (χ1) is 11.5. The second kappa shape index (κ2) is 6.67. The minimum absolute atomic E-state index is 0.233. The first kappa shape index (κ1) is 16.6. The van der Waals surface area contributed by atoms with Gasteiger partial charge in [-0.05, 0) is 23.8 Å². The summed E-state index contributed by atoms with van der Waals surface area (Å²) in [5, 5.41) is 1.62. The van der Waals surface area contributed by atoms with Crippen molar-refractivity contribution in [1.29, 1.82) is 0 Å². The van der Waals surface area contributed by atoms with Crippen molar-refractivity contribution in [2.75, 3.05) is 7.05 Å². The first-order valence-corrected chi connectivity index (χ1v) is 8.03. The number of hydrogen-bond donors (Lipinski definition) is 1. The Hall–Kier alpha value is -2.30. The second-order valence-corrected chi connectivity index (χ2v) is 6.32. The lowest BCUT2D eigenvalue weighted by Crippen LogP contribution is -2.27. The van der Waals surface area contributed by atoms with Gasteiger partial charge in [0.2, 0.25) is 5.56 Å². The number of aromatic amines is 1. The Bertz CT molecular complexity index is 982. The third-order valence-corrected chi connectivity index (χ3v) is 4.47. The van der Waals surface area contributed by atoms with Gasteiger partial charge >= 0.3 is 0 Å². The molecule has 0 spiro atoms. The van der Waals surface area contributed by atoms with Gasteiger partial charge in [-0.15, -0.1) is 0 Å². The molecule has 1 aromatic heterocycles. The molecule has 0 saturated heterocycles. The van der Waals surface area contributed by atoms with Crippen LogP contribution in [0.1, 0.15) is 15.9 Å². The minimum atomic E-state index is -0.306. The quantitative estimate of drug-likeness (QED) is 0.763. The summed E-state index contributed by atoms with van der Waals surface area (Å²) >= 11 is 11.9. The van der Waals surface area contributed by atoms with Gasteiger partial charge in [0.1, 0.15) is 0 Å². The number of H-pyrrole nitrogens is 1. The van der Waals surface area contributed by atoms with Crippen molar-refractivity contribution in [3.63, 3.8) is 0 Å². The molecule has 0 atom stereocenters. The molecule has 0 aliphatic carbocycles. The normalized spacial score (nSPS) is 10.8. The molecule has 0 aliphatic heterocycles. The number of halogens is 2. The van der Waals surface area contributed by atoms with E-state index in [1.165, 1.54) is 6.07 Å².